The average Bonchev–Trinajstić information content (AvgIpc) is 2.91. The molecule has 0 aliphatic rings. The molecule has 4 rings (SSSR count). The van der Waals surface area contributed by atoms with Gasteiger partial charge in [0.1, 0.15) is 36.4 Å². The predicted octanol–water partition coefficient (Wildman–Crippen LogP) is 7.81. The third kappa shape index (κ3) is 7.71. The molecule has 37 heavy (non-hydrogen) atoms. The number of nitrogens with one attached hydrogen (secondary N) is 1. The lowest BCUT2D eigenvalue weighted by Gasteiger charge is -2.11. The highest BCUT2D eigenvalue weighted by Crippen LogP contribution is 2.27. The molecule has 5 nitrogen and oxygen atoms in total. The molecule has 0 atom stereocenters. The monoisotopic (exact) mass is 572 g/mol. The van der Waals surface area contributed by atoms with E-state index in [9.17, 15) is 10.1 Å². The van der Waals surface area contributed by atoms with E-state index in [2.05, 4.69) is 21.2 Å². The number of amides is 1. The van der Waals surface area contributed by atoms with E-state index in [-0.39, 0.29) is 12.2 Å². The molecule has 1 amide bonds. The summed E-state index contributed by atoms with van der Waals surface area (Å²) in [6, 6.07) is 31.6. The summed E-state index contributed by atoms with van der Waals surface area (Å²) >= 11 is 9.50. The summed E-state index contributed by atoms with van der Waals surface area (Å²) in [6.07, 6.45) is 1.50. The predicted molar refractivity (Wildman–Crippen MR) is 149 cm³/mol. The number of carbonyl (C=O) groups excluding carboxylic acids is 1. The Labute approximate surface area is 229 Å². The van der Waals surface area contributed by atoms with Gasteiger partial charge >= 0.3 is 0 Å². The van der Waals surface area contributed by atoms with Crippen molar-refractivity contribution < 1.29 is 14.3 Å². The van der Waals surface area contributed by atoms with Crippen molar-refractivity contribution in [1.29, 1.82) is 5.26 Å². The van der Waals surface area contributed by atoms with E-state index in [0.29, 0.717) is 34.4 Å². The van der Waals surface area contributed by atoms with Crippen LogP contribution in [-0.4, -0.2) is 5.91 Å². The van der Waals surface area contributed by atoms with Gasteiger partial charge in [-0.05, 0) is 71.8 Å². The summed E-state index contributed by atoms with van der Waals surface area (Å²) in [6.45, 7) is 0.734. The normalized spacial score (nSPS) is 10.9. The lowest BCUT2D eigenvalue weighted by Crippen LogP contribution is -2.13. The Morgan fingerprint density at radius 3 is 2.35 bits per heavy atom. The number of carbonyl (C=O) groups is 1. The molecule has 0 fully saturated rings. The van der Waals surface area contributed by atoms with E-state index < -0.39 is 5.91 Å². The molecule has 0 bridgehead atoms. The molecule has 4 aromatic carbocycles. The van der Waals surface area contributed by atoms with Gasteiger partial charge in [-0.25, -0.2) is 0 Å². The van der Waals surface area contributed by atoms with Gasteiger partial charge in [-0.2, -0.15) is 5.26 Å². The van der Waals surface area contributed by atoms with Crippen LogP contribution in [0.4, 0.5) is 5.69 Å². The van der Waals surface area contributed by atoms with Gasteiger partial charge < -0.3 is 14.8 Å². The van der Waals surface area contributed by atoms with Gasteiger partial charge in [-0.1, -0.05) is 70.0 Å². The number of anilines is 1. The highest BCUT2D eigenvalue weighted by molar-refractivity contribution is 9.10. The summed E-state index contributed by atoms with van der Waals surface area (Å²) in [4.78, 5) is 12.9. The molecule has 0 aromatic heterocycles. The number of hydrogen-bond donors (Lipinski definition) is 1. The van der Waals surface area contributed by atoms with Crippen LogP contribution in [-0.2, 0) is 18.0 Å². The highest BCUT2D eigenvalue weighted by atomic mass is 79.9. The lowest BCUT2D eigenvalue weighted by molar-refractivity contribution is -0.112. The molecule has 4 aromatic rings. The van der Waals surface area contributed by atoms with Crippen molar-refractivity contribution in [3.63, 3.8) is 0 Å². The number of rotatable bonds is 9. The standard InChI is InChI=1S/C30H22BrClN2O3/c31-25-9-14-29(37-20-22-7-4-8-26(32)15-22)23(17-25)16-24(18-33)30(35)34-27-10-12-28(13-11-27)36-19-21-5-2-1-3-6-21/h1-17H,19-20H2,(H,34,35)/b24-16+. The average molecular weight is 574 g/mol. The van der Waals surface area contributed by atoms with Crippen LogP contribution in [0.15, 0.2) is 107 Å². The first-order valence-corrected chi connectivity index (χ1v) is 12.5. The SMILES string of the molecule is N#C/C(=C\c1cc(Br)ccc1OCc1cccc(Cl)c1)C(=O)Nc1ccc(OCc2ccccc2)cc1. The molecule has 0 spiro atoms. The Kier molecular flexibility index (Phi) is 8.98. The topological polar surface area (TPSA) is 71.3 Å². The van der Waals surface area contributed by atoms with Crippen molar-refractivity contribution in [2.75, 3.05) is 5.32 Å². The molecular formula is C30H22BrClN2O3. The van der Waals surface area contributed by atoms with Gasteiger partial charge in [-0.3, -0.25) is 4.79 Å². The lowest BCUT2D eigenvalue weighted by atomic mass is 10.1. The minimum atomic E-state index is -0.527. The Balaban J connectivity index is 1.43. The van der Waals surface area contributed by atoms with Crippen molar-refractivity contribution in [2.45, 2.75) is 13.2 Å². The van der Waals surface area contributed by atoms with Crippen LogP contribution >= 0.6 is 27.5 Å². The van der Waals surface area contributed by atoms with E-state index in [1.165, 1.54) is 6.08 Å². The van der Waals surface area contributed by atoms with E-state index in [0.717, 1.165) is 15.6 Å². The number of benzene rings is 4. The molecule has 0 saturated carbocycles. The number of nitrogens with zero attached hydrogens (tertiary/aromatic N) is 1. The molecular weight excluding hydrogens is 552 g/mol. The summed E-state index contributed by atoms with van der Waals surface area (Å²) < 4.78 is 12.5. The number of nitriles is 1. The van der Waals surface area contributed by atoms with Gasteiger partial charge in [0, 0.05) is 20.7 Å². The first kappa shape index (κ1) is 26.0. The second kappa shape index (κ2) is 12.8. The molecule has 7 heteroatoms. The maximum Gasteiger partial charge on any atom is 0.266 e. The molecule has 0 heterocycles. The largest absolute Gasteiger partial charge is 0.489 e. The van der Waals surface area contributed by atoms with Crippen LogP contribution in [0.1, 0.15) is 16.7 Å². The van der Waals surface area contributed by atoms with Gasteiger partial charge in [0.15, 0.2) is 0 Å². The Morgan fingerprint density at radius 1 is 0.892 bits per heavy atom. The molecule has 0 saturated heterocycles. The summed E-state index contributed by atoms with van der Waals surface area (Å²) in [7, 11) is 0. The molecule has 0 unspecified atom stereocenters. The minimum Gasteiger partial charge on any atom is -0.489 e. The fourth-order valence-electron chi connectivity index (χ4n) is 3.43. The van der Waals surface area contributed by atoms with E-state index in [1.807, 2.05) is 60.7 Å². The van der Waals surface area contributed by atoms with Gasteiger partial charge in [0.25, 0.3) is 5.91 Å². The fourth-order valence-corrected chi connectivity index (χ4v) is 4.02. The summed E-state index contributed by atoms with van der Waals surface area (Å²) in [5.41, 5.74) is 3.04. The van der Waals surface area contributed by atoms with Crippen molar-refractivity contribution in [2.24, 2.45) is 0 Å². The van der Waals surface area contributed by atoms with E-state index >= 15 is 0 Å². The number of hydrogen-bond acceptors (Lipinski definition) is 4. The summed E-state index contributed by atoms with van der Waals surface area (Å²) in [5, 5.41) is 13.1. The third-order valence-electron chi connectivity index (χ3n) is 5.28. The summed E-state index contributed by atoms with van der Waals surface area (Å²) in [5.74, 6) is 0.679. The second-order valence-corrected chi connectivity index (χ2v) is 9.38. The maximum absolute atomic E-state index is 12.9. The molecule has 0 aliphatic heterocycles. The van der Waals surface area contributed by atoms with Crippen LogP contribution in [0.25, 0.3) is 6.08 Å². The zero-order valence-electron chi connectivity index (χ0n) is 19.7. The Morgan fingerprint density at radius 2 is 1.62 bits per heavy atom. The van der Waals surface area contributed by atoms with Crippen LogP contribution < -0.4 is 14.8 Å². The Bertz CT molecular complexity index is 1450. The molecule has 184 valence electrons. The van der Waals surface area contributed by atoms with Gasteiger partial charge in [0.2, 0.25) is 0 Å². The van der Waals surface area contributed by atoms with Crippen LogP contribution in [0, 0.1) is 11.3 Å². The fraction of sp³-hybridized carbons (Fsp3) is 0.0667. The van der Waals surface area contributed by atoms with Gasteiger partial charge in [-0.15, -0.1) is 0 Å². The molecule has 0 radical (unpaired) electrons. The van der Waals surface area contributed by atoms with Crippen molar-refractivity contribution in [3.05, 3.63) is 129 Å². The van der Waals surface area contributed by atoms with Crippen LogP contribution in [0.2, 0.25) is 5.02 Å². The number of halogens is 2. The zero-order valence-corrected chi connectivity index (χ0v) is 22.0. The zero-order chi connectivity index (χ0) is 26.0. The first-order chi connectivity index (χ1) is 18.0. The molecule has 0 aliphatic carbocycles. The van der Waals surface area contributed by atoms with Crippen LogP contribution in [0.5, 0.6) is 11.5 Å². The molecule has 1 N–H and O–H groups in total. The maximum atomic E-state index is 12.9. The van der Waals surface area contributed by atoms with E-state index in [4.69, 9.17) is 21.1 Å². The van der Waals surface area contributed by atoms with Crippen molar-refractivity contribution in [1.82, 2.24) is 0 Å². The minimum absolute atomic E-state index is 0.0601. The second-order valence-electron chi connectivity index (χ2n) is 8.02. The number of ether oxygens (including phenoxy) is 2. The smallest absolute Gasteiger partial charge is 0.266 e. The van der Waals surface area contributed by atoms with E-state index in [1.54, 1.807) is 42.5 Å². The Hall–Kier alpha value is -4.05. The third-order valence-corrected chi connectivity index (χ3v) is 6.01. The van der Waals surface area contributed by atoms with Crippen LogP contribution in [0.3, 0.4) is 0 Å². The van der Waals surface area contributed by atoms with Crippen molar-refractivity contribution >= 4 is 45.2 Å². The van der Waals surface area contributed by atoms with Crippen molar-refractivity contribution in [3.8, 4) is 17.6 Å². The van der Waals surface area contributed by atoms with Gasteiger partial charge in [0.05, 0.1) is 0 Å². The quantitative estimate of drug-likeness (QED) is 0.164. The first-order valence-electron chi connectivity index (χ1n) is 11.4. The highest BCUT2D eigenvalue weighted by Gasteiger charge is 2.12.